The van der Waals surface area contributed by atoms with Gasteiger partial charge in [0.25, 0.3) is 0 Å². The van der Waals surface area contributed by atoms with E-state index in [1.807, 2.05) is 0 Å². The summed E-state index contributed by atoms with van der Waals surface area (Å²) in [4.78, 5) is 11.1. The molecule has 1 aliphatic rings. The molecule has 0 radical (unpaired) electrons. The molecular weight excluding hydrogens is 337 g/mol. The Labute approximate surface area is 133 Å². The number of halogens is 2. The standard InChI is InChI=1S/C13H15Cl2NO4S/c1-8-9(13(17)18)4-3-7-16(8)21(19,20)11-6-2-5-10(14)12(11)15/h2,5-6,8-9H,3-4,7H2,1H3,(H,17,18)/t8-,9-/m1/s1. The zero-order valence-electron chi connectivity index (χ0n) is 11.3. The Hall–Kier alpha value is -0.820. The number of aliphatic carboxylic acids is 1. The van der Waals surface area contributed by atoms with Crippen LogP contribution in [0.5, 0.6) is 0 Å². The average molecular weight is 352 g/mol. The molecular formula is C13H15Cl2NO4S. The summed E-state index contributed by atoms with van der Waals surface area (Å²) in [6.45, 7) is 1.88. The number of nitrogens with zero attached hydrogens (tertiary/aromatic N) is 1. The van der Waals surface area contributed by atoms with Gasteiger partial charge >= 0.3 is 5.97 Å². The molecule has 0 unspecified atom stereocenters. The summed E-state index contributed by atoms with van der Waals surface area (Å²) in [6, 6.07) is 3.75. The molecule has 0 saturated carbocycles. The van der Waals surface area contributed by atoms with Gasteiger partial charge in [0.05, 0.1) is 16.0 Å². The van der Waals surface area contributed by atoms with Crippen LogP contribution in [0.25, 0.3) is 0 Å². The smallest absolute Gasteiger partial charge is 0.308 e. The van der Waals surface area contributed by atoms with Gasteiger partial charge in [0.1, 0.15) is 4.90 Å². The predicted octanol–water partition coefficient (Wildman–Crippen LogP) is 2.87. The summed E-state index contributed by atoms with van der Waals surface area (Å²) in [6.07, 6.45) is 0.963. The van der Waals surface area contributed by atoms with Crippen molar-refractivity contribution in [3.05, 3.63) is 28.2 Å². The first kappa shape index (κ1) is 16.5. The van der Waals surface area contributed by atoms with Gasteiger partial charge in [0.15, 0.2) is 0 Å². The van der Waals surface area contributed by atoms with E-state index >= 15 is 0 Å². The zero-order chi connectivity index (χ0) is 15.8. The van der Waals surface area contributed by atoms with Crippen molar-refractivity contribution in [2.75, 3.05) is 6.54 Å². The first-order chi connectivity index (χ1) is 9.76. The maximum atomic E-state index is 12.7. The number of benzene rings is 1. The second-order valence-electron chi connectivity index (χ2n) is 5.00. The Kier molecular flexibility index (Phi) is 4.82. The van der Waals surface area contributed by atoms with Crippen molar-refractivity contribution >= 4 is 39.2 Å². The maximum Gasteiger partial charge on any atom is 0.308 e. The lowest BCUT2D eigenvalue weighted by Crippen LogP contribution is -2.49. The van der Waals surface area contributed by atoms with E-state index in [1.54, 1.807) is 6.92 Å². The van der Waals surface area contributed by atoms with Gasteiger partial charge in [0.2, 0.25) is 10.0 Å². The normalized spacial score (nSPS) is 24.0. The van der Waals surface area contributed by atoms with Crippen LogP contribution in [0.15, 0.2) is 23.1 Å². The lowest BCUT2D eigenvalue weighted by Gasteiger charge is -2.36. The van der Waals surface area contributed by atoms with E-state index < -0.39 is 28.0 Å². The molecule has 0 aliphatic carbocycles. The lowest BCUT2D eigenvalue weighted by atomic mass is 9.92. The highest BCUT2D eigenvalue weighted by Crippen LogP contribution is 2.34. The van der Waals surface area contributed by atoms with Gasteiger partial charge in [-0.05, 0) is 31.9 Å². The minimum absolute atomic E-state index is 0.0381. The Morgan fingerprint density at radius 2 is 2.05 bits per heavy atom. The molecule has 0 aromatic heterocycles. The molecule has 5 nitrogen and oxygen atoms in total. The molecule has 2 rings (SSSR count). The van der Waals surface area contributed by atoms with Gasteiger partial charge in [-0.15, -0.1) is 0 Å². The molecule has 1 fully saturated rings. The zero-order valence-corrected chi connectivity index (χ0v) is 13.6. The number of carboxylic acid groups (broad SMARTS) is 1. The van der Waals surface area contributed by atoms with Crippen LogP contribution < -0.4 is 0 Å². The number of carboxylic acids is 1. The maximum absolute atomic E-state index is 12.7. The van der Waals surface area contributed by atoms with Gasteiger partial charge in [-0.2, -0.15) is 4.31 Å². The molecule has 1 N–H and O–H groups in total. The molecule has 1 aromatic rings. The highest BCUT2D eigenvalue weighted by atomic mass is 35.5. The Morgan fingerprint density at radius 1 is 1.38 bits per heavy atom. The molecule has 0 spiro atoms. The SMILES string of the molecule is C[C@@H]1[C@H](C(=O)O)CCCN1S(=O)(=O)c1cccc(Cl)c1Cl. The van der Waals surface area contributed by atoms with Crippen LogP contribution >= 0.6 is 23.2 Å². The van der Waals surface area contributed by atoms with Crippen molar-refractivity contribution in [3.63, 3.8) is 0 Å². The van der Waals surface area contributed by atoms with Crippen LogP contribution in [0.3, 0.4) is 0 Å². The van der Waals surface area contributed by atoms with Crippen LogP contribution in [0, 0.1) is 5.92 Å². The van der Waals surface area contributed by atoms with Gasteiger partial charge in [-0.3, -0.25) is 4.79 Å². The van der Waals surface area contributed by atoms with Gasteiger partial charge in [-0.1, -0.05) is 29.3 Å². The van der Waals surface area contributed by atoms with Crippen LogP contribution in [0.4, 0.5) is 0 Å². The first-order valence-corrected chi connectivity index (χ1v) is 8.65. The summed E-state index contributed by atoms with van der Waals surface area (Å²) in [5.41, 5.74) is 0. The number of hydrogen-bond donors (Lipinski definition) is 1. The van der Waals surface area contributed by atoms with E-state index in [-0.39, 0.29) is 21.5 Å². The first-order valence-electron chi connectivity index (χ1n) is 6.45. The van der Waals surface area contributed by atoms with Crippen LogP contribution in [0.2, 0.25) is 10.0 Å². The second-order valence-corrected chi connectivity index (χ2v) is 7.64. The van der Waals surface area contributed by atoms with E-state index in [9.17, 15) is 18.3 Å². The quantitative estimate of drug-likeness (QED) is 0.908. The van der Waals surface area contributed by atoms with Crippen molar-refractivity contribution in [1.29, 1.82) is 0 Å². The summed E-state index contributed by atoms with van der Waals surface area (Å²) < 4.78 is 26.7. The number of sulfonamides is 1. The molecule has 2 atom stereocenters. The minimum Gasteiger partial charge on any atom is -0.481 e. The summed E-state index contributed by atoms with van der Waals surface area (Å²) >= 11 is 11.9. The average Bonchev–Trinajstić information content (AvgIpc) is 2.41. The van der Waals surface area contributed by atoms with Gasteiger partial charge in [-0.25, -0.2) is 8.42 Å². The van der Waals surface area contributed by atoms with E-state index in [1.165, 1.54) is 22.5 Å². The van der Waals surface area contributed by atoms with Crippen molar-refractivity contribution in [2.45, 2.75) is 30.7 Å². The number of hydrogen-bond acceptors (Lipinski definition) is 3. The van der Waals surface area contributed by atoms with E-state index in [0.29, 0.717) is 12.8 Å². The molecule has 8 heteroatoms. The van der Waals surface area contributed by atoms with Crippen LogP contribution in [-0.4, -0.2) is 36.4 Å². The van der Waals surface area contributed by atoms with Crippen molar-refractivity contribution in [3.8, 4) is 0 Å². The van der Waals surface area contributed by atoms with Gasteiger partial charge in [0, 0.05) is 12.6 Å². The molecule has 116 valence electrons. The molecule has 1 saturated heterocycles. The Morgan fingerprint density at radius 3 is 2.67 bits per heavy atom. The van der Waals surface area contributed by atoms with Crippen LogP contribution in [0.1, 0.15) is 19.8 Å². The third-order valence-electron chi connectivity index (χ3n) is 3.75. The highest BCUT2D eigenvalue weighted by Gasteiger charge is 2.40. The predicted molar refractivity (Wildman–Crippen MR) is 80.2 cm³/mol. The number of piperidine rings is 1. The second kappa shape index (κ2) is 6.12. The summed E-state index contributed by atoms with van der Waals surface area (Å²) in [5, 5.41) is 9.30. The summed E-state index contributed by atoms with van der Waals surface area (Å²) in [5.74, 6) is -1.70. The monoisotopic (exact) mass is 351 g/mol. The molecule has 21 heavy (non-hydrogen) atoms. The molecule has 1 aromatic carbocycles. The Balaban J connectivity index is 2.43. The molecule has 1 heterocycles. The third kappa shape index (κ3) is 3.04. The minimum atomic E-state index is -3.88. The van der Waals surface area contributed by atoms with E-state index in [4.69, 9.17) is 23.2 Å². The third-order valence-corrected chi connectivity index (χ3v) is 6.71. The fourth-order valence-electron chi connectivity index (χ4n) is 2.59. The van der Waals surface area contributed by atoms with Crippen molar-refractivity contribution in [2.24, 2.45) is 5.92 Å². The lowest BCUT2D eigenvalue weighted by molar-refractivity contribution is -0.144. The Bertz CT molecular complexity index is 662. The molecule has 0 bridgehead atoms. The number of rotatable bonds is 3. The van der Waals surface area contributed by atoms with Gasteiger partial charge < -0.3 is 5.11 Å². The summed E-state index contributed by atoms with van der Waals surface area (Å²) in [7, 11) is -3.88. The molecule has 1 aliphatic heterocycles. The fourth-order valence-corrected chi connectivity index (χ4v) is 5.03. The van der Waals surface area contributed by atoms with E-state index in [0.717, 1.165) is 0 Å². The van der Waals surface area contributed by atoms with Crippen molar-refractivity contribution in [1.82, 2.24) is 4.31 Å². The van der Waals surface area contributed by atoms with Crippen LogP contribution in [-0.2, 0) is 14.8 Å². The highest BCUT2D eigenvalue weighted by molar-refractivity contribution is 7.89. The topological polar surface area (TPSA) is 74.7 Å². The van der Waals surface area contributed by atoms with E-state index in [2.05, 4.69) is 0 Å². The molecule has 0 amide bonds. The number of carbonyl (C=O) groups is 1. The fraction of sp³-hybridized carbons (Fsp3) is 0.462. The van der Waals surface area contributed by atoms with Crippen molar-refractivity contribution < 1.29 is 18.3 Å². The largest absolute Gasteiger partial charge is 0.481 e.